The van der Waals surface area contributed by atoms with Crippen LogP contribution in [0.3, 0.4) is 0 Å². The van der Waals surface area contributed by atoms with E-state index in [1.165, 1.54) is 12.1 Å². The van der Waals surface area contributed by atoms with Crippen molar-refractivity contribution in [2.45, 2.75) is 6.10 Å². The van der Waals surface area contributed by atoms with Crippen molar-refractivity contribution in [1.29, 1.82) is 0 Å². The first kappa shape index (κ1) is 15.2. The molecule has 10 nitrogen and oxygen atoms in total. The number of likely N-dealkylation sites (N-methyl/N-ethyl adjacent to an activating group) is 1. The maximum absolute atomic E-state index is 10.8. The zero-order valence-electron chi connectivity index (χ0n) is 10.8. The lowest BCUT2D eigenvalue weighted by atomic mass is 10.1. The number of fused-ring (bicyclic) bond motifs is 1. The molecule has 0 saturated heterocycles. The monoisotopic (exact) mass is 316 g/mol. The zero-order valence-corrected chi connectivity index (χ0v) is 11.6. The summed E-state index contributed by atoms with van der Waals surface area (Å²) in [6.07, 6.45) is -0.969. The number of phenols is 1. The van der Waals surface area contributed by atoms with Gasteiger partial charge in [-0.15, -0.1) is 5.11 Å². The van der Waals surface area contributed by atoms with Crippen LogP contribution in [0, 0.1) is 0 Å². The van der Waals surface area contributed by atoms with Gasteiger partial charge in [-0.2, -0.15) is 8.42 Å². The van der Waals surface area contributed by atoms with E-state index in [2.05, 4.69) is 14.4 Å². The van der Waals surface area contributed by atoms with Gasteiger partial charge >= 0.3 is 16.4 Å². The summed E-state index contributed by atoms with van der Waals surface area (Å²) < 4.78 is 35.0. The van der Waals surface area contributed by atoms with Crippen LogP contribution in [0.1, 0.15) is 11.7 Å². The van der Waals surface area contributed by atoms with Gasteiger partial charge in [0.05, 0.1) is 0 Å². The number of rotatable bonds is 3. The lowest BCUT2D eigenvalue weighted by Crippen LogP contribution is -2.18. The SMILES string of the molecule is CN1CC(OS(=O)(=O)O)c2cc(N=NC(N)=O)c(O)cc21. The van der Waals surface area contributed by atoms with Crippen LogP contribution in [0.4, 0.5) is 16.2 Å². The molecule has 114 valence electrons. The highest BCUT2D eigenvalue weighted by Crippen LogP contribution is 2.43. The third kappa shape index (κ3) is 3.45. The van der Waals surface area contributed by atoms with Gasteiger partial charge in [0, 0.05) is 30.9 Å². The third-order valence-corrected chi connectivity index (χ3v) is 3.29. The predicted molar refractivity (Wildman–Crippen MR) is 70.9 cm³/mol. The second-order valence-electron chi connectivity index (χ2n) is 4.33. The number of urea groups is 1. The van der Waals surface area contributed by atoms with E-state index in [1.54, 1.807) is 11.9 Å². The number of aromatic hydroxyl groups is 1. The predicted octanol–water partition coefficient (Wildman–Crippen LogP) is 0.865. The van der Waals surface area contributed by atoms with Gasteiger partial charge in [-0.25, -0.2) is 8.98 Å². The number of primary amides is 1. The van der Waals surface area contributed by atoms with Crippen LogP contribution in [0.5, 0.6) is 5.75 Å². The summed E-state index contributed by atoms with van der Waals surface area (Å²) in [6.45, 7) is 0.144. The number of carbonyl (C=O) groups excluding carboxylic acids is 1. The fourth-order valence-corrected chi connectivity index (χ4v) is 2.49. The Morgan fingerprint density at radius 2 is 2.19 bits per heavy atom. The number of nitrogens with two attached hydrogens (primary N) is 1. The van der Waals surface area contributed by atoms with Crippen molar-refractivity contribution in [1.82, 2.24) is 0 Å². The van der Waals surface area contributed by atoms with Crippen molar-refractivity contribution in [3.05, 3.63) is 17.7 Å². The normalized spacial score (nSPS) is 18.2. The van der Waals surface area contributed by atoms with Gasteiger partial charge in [0.25, 0.3) is 0 Å². The van der Waals surface area contributed by atoms with Crippen LogP contribution < -0.4 is 10.6 Å². The molecule has 0 aliphatic carbocycles. The van der Waals surface area contributed by atoms with E-state index in [0.29, 0.717) is 11.3 Å². The molecule has 2 rings (SSSR count). The Kier molecular flexibility index (Phi) is 3.80. The largest absolute Gasteiger partial charge is 0.506 e. The maximum atomic E-state index is 10.8. The Hall–Kier alpha value is -2.24. The van der Waals surface area contributed by atoms with Crippen LogP contribution in [0.2, 0.25) is 0 Å². The van der Waals surface area contributed by atoms with Gasteiger partial charge in [-0.3, -0.25) is 4.55 Å². The number of carbonyl (C=O) groups is 1. The molecule has 0 spiro atoms. The summed E-state index contributed by atoms with van der Waals surface area (Å²) in [7, 11) is -2.99. The van der Waals surface area contributed by atoms with Gasteiger partial charge in [0.15, 0.2) is 0 Å². The molecule has 0 fully saturated rings. The minimum atomic E-state index is -4.64. The second-order valence-corrected chi connectivity index (χ2v) is 5.38. The molecule has 11 heteroatoms. The lowest BCUT2D eigenvalue weighted by Gasteiger charge is -2.11. The molecule has 1 heterocycles. The Morgan fingerprint density at radius 3 is 2.76 bits per heavy atom. The molecule has 1 aliphatic heterocycles. The molecule has 0 aromatic heterocycles. The summed E-state index contributed by atoms with van der Waals surface area (Å²) in [5, 5.41) is 16.3. The number of amides is 2. The molecular formula is C10H12N4O6S. The number of nitrogens with zero attached hydrogens (tertiary/aromatic N) is 3. The van der Waals surface area contributed by atoms with E-state index in [1.807, 2.05) is 0 Å². The van der Waals surface area contributed by atoms with Crippen LogP contribution >= 0.6 is 0 Å². The first-order valence-corrected chi connectivity index (χ1v) is 6.99. The van der Waals surface area contributed by atoms with Crippen molar-refractivity contribution in [2.24, 2.45) is 16.0 Å². The fourth-order valence-electron chi connectivity index (χ4n) is 2.03. The average Bonchev–Trinajstić information content (AvgIpc) is 2.60. The molecule has 0 radical (unpaired) electrons. The fraction of sp³-hybridized carbons (Fsp3) is 0.300. The van der Waals surface area contributed by atoms with E-state index in [9.17, 15) is 18.3 Å². The molecule has 4 N–H and O–H groups in total. The number of phenolic OH excluding ortho intramolecular Hbond substituents is 1. The summed E-state index contributed by atoms with van der Waals surface area (Å²) >= 11 is 0. The topological polar surface area (TPSA) is 155 Å². The standard InChI is InChI=1S/C10H12N4O6S/c1-14-4-9(20-21(17,18)19)5-2-6(12-13-10(11)16)8(15)3-7(5)14/h2-3,9,15H,4H2,1H3,(H2,11,16)(H,17,18,19). The number of hydrogen-bond acceptors (Lipinski definition) is 7. The van der Waals surface area contributed by atoms with Crippen molar-refractivity contribution >= 4 is 27.8 Å². The summed E-state index contributed by atoms with van der Waals surface area (Å²) in [5.41, 5.74) is 5.60. The Balaban J connectivity index is 2.44. The molecule has 0 saturated carbocycles. The highest BCUT2D eigenvalue weighted by atomic mass is 32.3. The van der Waals surface area contributed by atoms with Crippen molar-refractivity contribution in [3.8, 4) is 5.75 Å². The van der Waals surface area contributed by atoms with Crippen molar-refractivity contribution in [3.63, 3.8) is 0 Å². The number of azo groups is 1. The molecule has 21 heavy (non-hydrogen) atoms. The molecule has 1 aromatic carbocycles. The molecule has 1 aliphatic rings. The third-order valence-electron chi connectivity index (χ3n) is 2.82. The first-order valence-electron chi connectivity index (χ1n) is 5.62. The number of hydrogen-bond donors (Lipinski definition) is 3. The van der Waals surface area contributed by atoms with E-state index in [0.717, 1.165) is 0 Å². The minimum absolute atomic E-state index is 0.0770. The number of benzene rings is 1. The van der Waals surface area contributed by atoms with Crippen molar-refractivity contribution < 1.29 is 27.1 Å². The quantitative estimate of drug-likeness (QED) is 0.551. The van der Waals surface area contributed by atoms with E-state index in [4.69, 9.17) is 10.3 Å². The van der Waals surface area contributed by atoms with E-state index < -0.39 is 22.5 Å². The van der Waals surface area contributed by atoms with Crippen LogP contribution in [0.25, 0.3) is 0 Å². The van der Waals surface area contributed by atoms with Gasteiger partial charge in [-0.1, -0.05) is 5.11 Å². The average molecular weight is 316 g/mol. The Labute approximate surface area is 119 Å². The van der Waals surface area contributed by atoms with Gasteiger partial charge in [0.1, 0.15) is 17.5 Å². The minimum Gasteiger partial charge on any atom is -0.506 e. The maximum Gasteiger partial charge on any atom is 0.398 e. The first-order chi connectivity index (χ1) is 9.67. The van der Waals surface area contributed by atoms with Gasteiger partial charge < -0.3 is 15.7 Å². The molecule has 2 amide bonds. The smallest absolute Gasteiger partial charge is 0.398 e. The van der Waals surface area contributed by atoms with E-state index in [-0.39, 0.29) is 18.0 Å². The summed E-state index contributed by atoms with van der Waals surface area (Å²) in [6, 6.07) is 1.58. The second kappa shape index (κ2) is 5.27. The van der Waals surface area contributed by atoms with E-state index >= 15 is 0 Å². The highest BCUT2D eigenvalue weighted by Gasteiger charge is 2.32. The van der Waals surface area contributed by atoms with Crippen LogP contribution in [-0.4, -0.2) is 37.7 Å². The molecular weight excluding hydrogens is 304 g/mol. The molecule has 1 unspecified atom stereocenters. The molecule has 0 bridgehead atoms. The van der Waals surface area contributed by atoms with Gasteiger partial charge in [-0.05, 0) is 6.07 Å². The van der Waals surface area contributed by atoms with Gasteiger partial charge in [0.2, 0.25) is 0 Å². The molecule has 1 atom stereocenters. The van der Waals surface area contributed by atoms with Crippen LogP contribution in [-0.2, 0) is 14.6 Å². The Bertz CT molecular complexity index is 717. The zero-order chi connectivity index (χ0) is 15.8. The lowest BCUT2D eigenvalue weighted by molar-refractivity contribution is 0.197. The van der Waals surface area contributed by atoms with Crippen molar-refractivity contribution in [2.75, 3.05) is 18.5 Å². The summed E-state index contributed by atoms with van der Waals surface area (Å²) in [5.74, 6) is -0.266. The summed E-state index contributed by atoms with van der Waals surface area (Å²) in [4.78, 5) is 12.2. The number of anilines is 1. The molecule has 1 aromatic rings. The highest BCUT2D eigenvalue weighted by molar-refractivity contribution is 7.80. The Morgan fingerprint density at radius 1 is 1.52 bits per heavy atom. The van der Waals surface area contributed by atoms with Crippen LogP contribution in [0.15, 0.2) is 22.4 Å².